The molecule has 0 atom stereocenters. The maximum Gasteiger partial charge on any atom is 0.271 e. The molecule has 0 aliphatic rings. The lowest BCUT2D eigenvalue weighted by atomic mass is 10.1. The van der Waals surface area contributed by atoms with Crippen LogP contribution >= 0.6 is 0 Å². The summed E-state index contributed by atoms with van der Waals surface area (Å²) in [6.07, 6.45) is 1.96. The number of para-hydroxylation sites is 1. The summed E-state index contributed by atoms with van der Waals surface area (Å²) in [7, 11) is 0. The summed E-state index contributed by atoms with van der Waals surface area (Å²) in [6, 6.07) is 10.5. The molecule has 0 spiro atoms. The van der Waals surface area contributed by atoms with Gasteiger partial charge < -0.3 is 11.1 Å². The SMILES string of the molecule is CC(C)CCCNC(=O)c1cc(C(N)=O)n(-c2ccccc2)n1. The van der Waals surface area contributed by atoms with Crippen LogP contribution in [0.5, 0.6) is 0 Å². The minimum absolute atomic E-state index is 0.184. The van der Waals surface area contributed by atoms with E-state index in [1.165, 1.54) is 10.7 Å². The van der Waals surface area contributed by atoms with E-state index in [1.807, 2.05) is 18.2 Å². The number of nitrogens with zero attached hydrogens (tertiary/aromatic N) is 2. The first-order valence-corrected chi connectivity index (χ1v) is 7.72. The molecule has 0 saturated carbocycles. The normalized spacial score (nSPS) is 10.7. The molecule has 2 rings (SSSR count). The van der Waals surface area contributed by atoms with Crippen LogP contribution in [0.4, 0.5) is 0 Å². The molecule has 2 amide bonds. The van der Waals surface area contributed by atoms with E-state index in [-0.39, 0.29) is 17.3 Å². The second kappa shape index (κ2) is 7.58. The molecule has 3 N–H and O–H groups in total. The van der Waals surface area contributed by atoms with Crippen molar-refractivity contribution in [3.8, 4) is 5.69 Å². The number of aromatic nitrogens is 2. The van der Waals surface area contributed by atoms with Gasteiger partial charge in [-0.2, -0.15) is 5.10 Å². The van der Waals surface area contributed by atoms with Gasteiger partial charge in [-0.15, -0.1) is 0 Å². The molecule has 0 unspecified atom stereocenters. The first-order chi connectivity index (χ1) is 11.0. The zero-order valence-corrected chi connectivity index (χ0v) is 13.5. The van der Waals surface area contributed by atoms with Crippen LogP contribution in [0.1, 0.15) is 47.7 Å². The van der Waals surface area contributed by atoms with E-state index in [0.29, 0.717) is 18.2 Å². The van der Waals surface area contributed by atoms with E-state index in [2.05, 4.69) is 24.3 Å². The minimum atomic E-state index is -0.625. The molecule has 23 heavy (non-hydrogen) atoms. The van der Waals surface area contributed by atoms with Crippen LogP contribution in [-0.4, -0.2) is 28.1 Å². The van der Waals surface area contributed by atoms with Crippen molar-refractivity contribution in [1.29, 1.82) is 0 Å². The van der Waals surface area contributed by atoms with Crippen LogP contribution in [0.2, 0.25) is 0 Å². The van der Waals surface area contributed by atoms with Crippen molar-refractivity contribution in [1.82, 2.24) is 15.1 Å². The highest BCUT2D eigenvalue weighted by molar-refractivity contribution is 5.97. The van der Waals surface area contributed by atoms with Crippen molar-refractivity contribution in [2.45, 2.75) is 26.7 Å². The van der Waals surface area contributed by atoms with Crippen molar-refractivity contribution in [3.63, 3.8) is 0 Å². The van der Waals surface area contributed by atoms with Crippen LogP contribution in [0.25, 0.3) is 5.69 Å². The van der Waals surface area contributed by atoms with Gasteiger partial charge in [-0.1, -0.05) is 32.0 Å². The number of nitrogens with two attached hydrogens (primary N) is 1. The van der Waals surface area contributed by atoms with Crippen LogP contribution < -0.4 is 11.1 Å². The number of hydrogen-bond donors (Lipinski definition) is 2. The molecule has 0 aliphatic carbocycles. The summed E-state index contributed by atoms with van der Waals surface area (Å²) in [6.45, 7) is 4.87. The highest BCUT2D eigenvalue weighted by Crippen LogP contribution is 2.12. The maximum atomic E-state index is 12.2. The van der Waals surface area contributed by atoms with Gasteiger partial charge in [0.15, 0.2) is 5.69 Å². The van der Waals surface area contributed by atoms with E-state index in [9.17, 15) is 9.59 Å². The number of nitrogens with one attached hydrogen (secondary N) is 1. The predicted octanol–water partition coefficient (Wildman–Crippen LogP) is 2.14. The Morgan fingerprint density at radius 3 is 2.57 bits per heavy atom. The number of primary amides is 1. The van der Waals surface area contributed by atoms with E-state index >= 15 is 0 Å². The zero-order chi connectivity index (χ0) is 16.8. The van der Waals surface area contributed by atoms with E-state index < -0.39 is 5.91 Å². The number of amides is 2. The third-order valence-electron chi connectivity index (χ3n) is 3.44. The van der Waals surface area contributed by atoms with Crippen molar-refractivity contribution in [2.24, 2.45) is 11.7 Å². The highest BCUT2D eigenvalue weighted by Gasteiger charge is 2.18. The fraction of sp³-hybridized carbons (Fsp3) is 0.353. The van der Waals surface area contributed by atoms with E-state index in [1.54, 1.807) is 12.1 Å². The molecule has 2 aromatic rings. The van der Waals surface area contributed by atoms with E-state index in [4.69, 9.17) is 5.73 Å². The van der Waals surface area contributed by atoms with Gasteiger partial charge in [-0.05, 0) is 30.9 Å². The summed E-state index contributed by atoms with van der Waals surface area (Å²) >= 11 is 0. The van der Waals surface area contributed by atoms with Gasteiger partial charge in [-0.25, -0.2) is 4.68 Å². The quantitative estimate of drug-likeness (QED) is 0.767. The summed E-state index contributed by atoms with van der Waals surface area (Å²) in [5.74, 6) is -0.322. The highest BCUT2D eigenvalue weighted by atomic mass is 16.2. The van der Waals surface area contributed by atoms with Gasteiger partial charge in [0.1, 0.15) is 5.69 Å². The van der Waals surface area contributed by atoms with Crippen molar-refractivity contribution in [2.75, 3.05) is 6.54 Å². The minimum Gasteiger partial charge on any atom is -0.364 e. The molecule has 1 aromatic carbocycles. The Kier molecular flexibility index (Phi) is 5.51. The van der Waals surface area contributed by atoms with Crippen LogP contribution in [-0.2, 0) is 0 Å². The zero-order valence-electron chi connectivity index (χ0n) is 13.5. The smallest absolute Gasteiger partial charge is 0.271 e. The van der Waals surface area contributed by atoms with Gasteiger partial charge in [-0.3, -0.25) is 9.59 Å². The Hall–Kier alpha value is -2.63. The summed E-state index contributed by atoms with van der Waals surface area (Å²) in [5.41, 5.74) is 6.44. The molecule has 0 bridgehead atoms. The topological polar surface area (TPSA) is 90.0 Å². The molecule has 1 aromatic heterocycles. The molecule has 0 fully saturated rings. The second-order valence-corrected chi connectivity index (χ2v) is 5.82. The summed E-state index contributed by atoms with van der Waals surface area (Å²) in [4.78, 5) is 23.8. The Bertz CT molecular complexity index is 677. The Morgan fingerprint density at radius 1 is 1.26 bits per heavy atom. The molecule has 0 saturated heterocycles. The van der Waals surface area contributed by atoms with Crippen LogP contribution in [0.15, 0.2) is 36.4 Å². The summed E-state index contributed by atoms with van der Waals surface area (Å²) in [5, 5.41) is 7.04. The number of hydrogen-bond acceptors (Lipinski definition) is 3. The number of carbonyl (C=O) groups excluding carboxylic acids is 2. The Labute approximate surface area is 135 Å². The predicted molar refractivity (Wildman–Crippen MR) is 88.5 cm³/mol. The first-order valence-electron chi connectivity index (χ1n) is 7.72. The molecule has 122 valence electrons. The third-order valence-corrected chi connectivity index (χ3v) is 3.44. The monoisotopic (exact) mass is 314 g/mol. The van der Waals surface area contributed by atoms with Crippen molar-refractivity contribution >= 4 is 11.8 Å². The average Bonchev–Trinajstić information content (AvgIpc) is 2.97. The van der Waals surface area contributed by atoms with Crippen LogP contribution in [0, 0.1) is 5.92 Å². The van der Waals surface area contributed by atoms with Gasteiger partial charge in [0.2, 0.25) is 0 Å². The molecular weight excluding hydrogens is 292 g/mol. The fourth-order valence-corrected chi connectivity index (χ4v) is 2.24. The third kappa shape index (κ3) is 4.42. The van der Waals surface area contributed by atoms with Gasteiger partial charge in [0.05, 0.1) is 5.69 Å². The lowest BCUT2D eigenvalue weighted by molar-refractivity contribution is 0.0946. The lowest BCUT2D eigenvalue weighted by Gasteiger charge is -2.05. The largest absolute Gasteiger partial charge is 0.364 e. The van der Waals surface area contributed by atoms with Crippen molar-refractivity contribution < 1.29 is 9.59 Å². The van der Waals surface area contributed by atoms with Gasteiger partial charge in [0, 0.05) is 12.6 Å². The first kappa shape index (κ1) is 16.7. The van der Waals surface area contributed by atoms with Crippen LogP contribution in [0.3, 0.4) is 0 Å². The standard InChI is InChI=1S/C17H22N4O2/c1-12(2)7-6-10-19-17(23)14-11-15(16(18)22)21(20-14)13-8-4-3-5-9-13/h3-5,8-9,11-12H,6-7,10H2,1-2H3,(H2,18,22)(H,19,23). The number of rotatable bonds is 7. The molecule has 0 aliphatic heterocycles. The van der Waals surface area contributed by atoms with Gasteiger partial charge >= 0.3 is 0 Å². The summed E-state index contributed by atoms with van der Waals surface area (Å²) < 4.78 is 1.39. The fourth-order valence-electron chi connectivity index (χ4n) is 2.24. The lowest BCUT2D eigenvalue weighted by Crippen LogP contribution is -2.25. The molecular formula is C17H22N4O2. The van der Waals surface area contributed by atoms with Gasteiger partial charge in [0.25, 0.3) is 11.8 Å². The number of benzene rings is 1. The van der Waals surface area contributed by atoms with Crippen molar-refractivity contribution in [3.05, 3.63) is 47.8 Å². The molecule has 1 heterocycles. The maximum absolute atomic E-state index is 12.2. The molecule has 6 nitrogen and oxygen atoms in total. The van der Waals surface area contributed by atoms with E-state index in [0.717, 1.165) is 12.8 Å². The number of carbonyl (C=O) groups is 2. The average molecular weight is 314 g/mol. The molecule has 0 radical (unpaired) electrons. The Morgan fingerprint density at radius 2 is 1.96 bits per heavy atom. The molecule has 6 heteroatoms. The Balaban J connectivity index is 2.14. The second-order valence-electron chi connectivity index (χ2n) is 5.82.